The molecule has 1 aromatic carbocycles. The molecule has 0 amide bonds. The Balaban J connectivity index is 2.95. The molecule has 0 spiro atoms. The maximum Gasteiger partial charge on any atom is 0.153 e. The first kappa shape index (κ1) is 8.81. The number of halogens is 1. The van der Waals surface area contributed by atoms with Gasteiger partial charge in [0.05, 0.1) is 17.3 Å². The van der Waals surface area contributed by atoms with Crippen molar-refractivity contribution in [1.82, 2.24) is 4.98 Å². The minimum absolute atomic E-state index is 0.0821. The van der Waals surface area contributed by atoms with E-state index in [1.165, 1.54) is 0 Å². The third-order valence-corrected chi connectivity index (χ3v) is 2.21. The van der Waals surface area contributed by atoms with Crippen molar-refractivity contribution < 1.29 is 9.18 Å². The van der Waals surface area contributed by atoms with E-state index in [1.54, 1.807) is 12.1 Å². The zero-order chi connectivity index (χ0) is 10.1. The maximum atomic E-state index is 13.2. The molecule has 0 bridgehead atoms. The predicted octanol–water partition coefficient (Wildman–Crippen LogP) is 2.49. The number of carbonyl (C=O) groups is 1. The van der Waals surface area contributed by atoms with Crippen LogP contribution in [0.5, 0.6) is 0 Å². The van der Waals surface area contributed by atoms with Crippen molar-refractivity contribution in [2.75, 3.05) is 0 Å². The number of pyridine rings is 1. The molecule has 70 valence electrons. The third-order valence-electron chi connectivity index (χ3n) is 2.21. The molecule has 2 nitrogen and oxygen atoms in total. The van der Waals surface area contributed by atoms with Crippen molar-refractivity contribution in [3.05, 3.63) is 41.3 Å². The molecule has 14 heavy (non-hydrogen) atoms. The molecular weight excluding hydrogens is 181 g/mol. The number of carbonyl (C=O) groups excluding carboxylic acids is 1. The van der Waals surface area contributed by atoms with Gasteiger partial charge in [-0.3, -0.25) is 9.78 Å². The molecule has 1 heterocycles. The molecule has 0 unspecified atom stereocenters. The number of hydrogen-bond donors (Lipinski definition) is 0. The van der Waals surface area contributed by atoms with Crippen LogP contribution in [-0.4, -0.2) is 11.3 Å². The van der Waals surface area contributed by atoms with Gasteiger partial charge in [-0.15, -0.1) is 0 Å². The second-order valence-corrected chi connectivity index (χ2v) is 3.11. The third kappa shape index (κ3) is 1.18. The lowest BCUT2D eigenvalue weighted by molar-refractivity contribution is 0.112. The van der Waals surface area contributed by atoms with Crippen LogP contribution in [0.3, 0.4) is 0 Å². The van der Waals surface area contributed by atoms with E-state index in [9.17, 15) is 9.18 Å². The van der Waals surface area contributed by atoms with Crippen LogP contribution < -0.4 is 0 Å². The Morgan fingerprint density at radius 2 is 2.21 bits per heavy atom. The minimum atomic E-state index is -0.571. The van der Waals surface area contributed by atoms with Crippen molar-refractivity contribution in [3.8, 4) is 0 Å². The van der Waals surface area contributed by atoms with Gasteiger partial charge in [0.1, 0.15) is 0 Å². The van der Waals surface area contributed by atoms with Crippen LogP contribution >= 0.6 is 0 Å². The Morgan fingerprint density at radius 3 is 2.93 bits per heavy atom. The predicted molar refractivity (Wildman–Crippen MR) is 51.8 cm³/mol. The Kier molecular flexibility index (Phi) is 2.00. The standard InChI is InChI=1S/C11H8FNO/c1-7-3-2-4-8-9(6-14)10(12)5-13-11(7)8/h2-6H,1H3. The summed E-state index contributed by atoms with van der Waals surface area (Å²) < 4.78 is 13.2. The zero-order valence-corrected chi connectivity index (χ0v) is 7.62. The monoisotopic (exact) mass is 189 g/mol. The van der Waals surface area contributed by atoms with E-state index in [-0.39, 0.29) is 5.56 Å². The van der Waals surface area contributed by atoms with E-state index >= 15 is 0 Å². The molecule has 2 aromatic rings. The van der Waals surface area contributed by atoms with E-state index in [0.29, 0.717) is 17.2 Å². The Hall–Kier alpha value is -1.77. The van der Waals surface area contributed by atoms with Gasteiger partial charge in [-0.25, -0.2) is 4.39 Å². The fourth-order valence-electron chi connectivity index (χ4n) is 1.49. The molecule has 0 radical (unpaired) electrons. The number of rotatable bonds is 1. The number of para-hydroxylation sites is 1. The number of hydrogen-bond acceptors (Lipinski definition) is 2. The van der Waals surface area contributed by atoms with Crippen molar-refractivity contribution in [1.29, 1.82) is 0 Å². The SMILES string of the molecule is Cc1cccc2c(C=O)c(F)cnc12. The first-order chi connectivity index (χ1) is 6.74. The van der Waals surface area contributed by atoms with E-state index < -0.39 is 5.82 Å². The zero-order valence-electron chi connectivity index (χ0n) is 7.62. The van der Waals surface area contributed by atoms with Gasteiger partial charge in [0.2, 0.25) is 0 Å². The largest absolute Gasteiger partial charge is 0.298 e. The lowest BCUT2D eigenvalue weighted by atomic mass is 10.1. The highest BCUT2D eigenvalue weighted by Crippen LogP contribution is 2.20. The van der Waals surface area contributed by atoms with Gasteiger partial charge in [0, 0.05) is 5.39 Å². The second-order valence-electron chi connectivity index (χ2n) is 3.11. The van der Waals surface area contributed by atoms with E-state index in [0.717, 1.165) is 11.8 Å². The molecule has 0 atom stereocenters. The Bertz CT molecular complexity index is 508. The normalized spacial score (nSPS) is 10.4. The van der Waals surface area contributed by atoms with E-state index in [1.807, 2.05) is 13.0 Å². The van der Waals surface area contributed by atoms with Crippen LogP contribution in [-0.2, 0) is 0 Å². The van der Waals surface area contributed by atoms with Crippen molar-refractivity contribution >= 4 is 17.2 Å². The van der Waals surface area contributed by atoms with Crippen molar-refractivity contribution in [2.24, 2.45) is 0 Å². The smallest absolute Gasteiger partial charge is 0.153 e. The van der Waals surface area contributed by atoms with Crippen LogP contribution in [0.1, 0.15) is 15.9 Å². The van der Waals surface area contributed by atoms with E-state index in [4.69, 9.17) is 0 Å². The fraction of sp³-hybridized carbons (Fsp3) is 0.0909. The first-order valence-corrected chi connectivity index (χ1v) is 4.23. The van der Waals surface area contributed by atoms with Gasteiger partial charge in [0.15, 0.2) is 12.1 Å². The maximum absolute atomic E-state index is 13.2. The summed E-state index contributed by atoms with van der Waals surface area (Å²) >= 11 is 0. The van der Waals surface area contributed by atoms with Crippen LogP contribution in [0.15, 0.2) is 24.4 Å². The number of fused-ring (bicyclic) bond motifs is 1. The first-order valence-electron chi connectivity index (χ1n) is 4.23. The summed E-state index contributed by atoms with van der Waals surface area (Å²) in [6.45, 7) is 1.88. The molecule has 0 saturated carbocycles. The second kappa shape index (κ2) is 3.18. The van der Waals surface area contributed by atoms with Gasteiger partial charge in [-0.2, -0.15) is 0 Å². The Morgan fingerprint density at radius 1 is 1.43 bits per heavy atom. The lowest BCUT2D eigenvalue weighted by Crippen LogP contribution is -1.93. The minimum Gasteiger partial charge on any atom is -0.298 e. The van der Waals surface area contributed by atoms with Gasteiger partial charge in [0.25, 0.3) is 0 Å². The average Bonchev–Trinajstić information content (AvgIpc) is 2.18. The number of benzene rings is 1. The van der Waals surface area contributed by atoms with Crippen LogP contribution in [0.2, 0.25) is 0 Å². The topological polar surface area (TPSA) is 30.0 Å². The molecule has 1 aromatic heterocycles. The highest BCUT2D eigenvalue weighted by molar-refractivity contribution is 5.97. The summed E-state index contributed by atoms with van der Waals surface area (Å²) in [4.78, 5) is 14.6. The van der Waals surface area contributed by atoms with Gasteiger partial charge >= 0.3 is 0 Å². The van der Waals surface area contributed by atoms with Crippen molar-refractivity contribution in [2.45, 2.75) is 6.92 Å². The number of aromatic nitrogens is 1. The molecule has 0 aliphatic carbocycles. The molecule has 0 saturated heterocycles. The average molecular weight is 189 g/mol. The highest BCUT2D eigenvalue weighted by Gasteiger charge is 2.08. The Labute approximate surface area is 80.4 Å². The van der Waals surface area contributed by atoms with Crippen LogP contribution in [0.25, 0.3) is 10.9 Å². The quantitative estimate of drug-likeness (QED) is 0.645. The molecule has 0 aliphatic heterocycles. The summed E-state index contributed by atoms with van der Waals surface area (Å²) in [5.74, 6) is -0.571. The fourth-order valence-corrected chi connectivity index (χ4v) is 1.49. The van der Waals surface area contributed by atoms with Crippen LogP contribution in [0, 0.1) is 12.7 Å². The number of nitrogens with zero attached hydrogens (tertiary/aromatic N) is 1. The van der Waals surface area contributed by atoms with Gasteiger partial charge in [-0.1, -0.05) is 18.2 Å². The van der Waals surface area contributed by atoms with Crippen molar-refractivity contribution in [3.63, 3.8) is 0 Å². The van der Waals surface area contributed by atoms with Gasteiger partial charge in [-0.05, 0) is 12.5 Å². The lowest BCUT2D eigenvalue weighted by Gasteiger charge is -2.03. The molecule has 3 heteroatoms. The summed E-state index contributed by atoms with van der Waals surface area (Å²) in [6, 6.07) is 5.36. The van der Waals surface area contributed by atoms with E-state index in [2.05, 4.69) is 4.98 Å². The molecule has 0 aliphatic rings. The summed E-state index contributed by atoms with van der Waals surface area (Å²) in [7, 11) is 0. The number of aryl methyl sites for hydroxylation is 1. The molecule has 2 rings (SSSR count). The number of aldehydes is 1. The summed E-state index contributed by atoms with van der Waals surface area (Å²) in [5, 5.41) is 0.569. The molecular formula is C11H8FNO. The van der Waals surface area contributed by atoms with Crippen LogP contribution in [0.4, 0.5) is 4.39 Å². The molecule has 0 N–H and O–H groups in total. The van der Waals surface area contributed by atoms with Gasteiger partial charge < -0.3 is 0 Å². The highest BCUT2D eigenvalue weighted by atomic mass is 19.1. The summed E-state index contributed by atoms with van der Waals surface area (Å²) in [5.41, 5.74) is 1.69. The summed E-state index contributed by atoms with van der Waals surface area (Å²) in [6.07, 6.45) is 1.61. The molecule has 0 fully saturated rings.